The number of anilines is 1. The van der Waals surface area contributed by atoms with Gasteiger partial charge in [0.25, 0.3) is 0 Å². The van der Waals surface area contributed by atoms with E-state index in [1.54, 1.807) is 25.3 Å². The fourth-order valence-electron chi connectivity index (χ4n) is 2.65. The molecule has 0 atom stereocenters. The minimum absolute atomic E-state index is 0.0319. The van der Waals surface area contributed by atoms with Gasteiger partial charge in [-0.1, -0.05) is 37.6 Å². The van der Waals surface area contributed by atoms with Crippen molar-refractivity contribution >= 4 is 17.4 Å². The normalized spacial score (nSPS) is 10.3. The third kappa shape index (κ3) is 5.34. The van der Waals surface area contributed by atoms with E-state index < -0.39 is 0 Å². The largest absolute Gasteiger partial charge is 0.493 e. The Balaban J connectivity index is 1.89. The summed E-state index contributed by atoms with van der Waals surface area (Å²) in [4.78, 5) is 24.3. The maximum Gasteiger partial charge on any atom is 0.224 e. The molecule has 0 heterocycles. The zero-order valence-electron chi connectivity index (χ0n) is 15.5. The lowest BCUT2D eigenvalue weighted by molar-refractivity contribution is -0.116. The van der Waals surface area contributed by atoms with Crippen molar-refractivity contribution in [3.8, 4) is 11.5 Å². The van der Waals surface area contributed by atoms with Crippen molar-refractivity contribution in [2.45, 2.75) is 32.6 Å². The number of nitrogens with one attached hydrogen (secondary N) is 1. The second-order valence-corrected chi connectivity index (χ2v) is 5.99. The van der Waals surface area contributed by atoms with E-state index in [1.165, 1.54) is 12.7 Å². The summed E-state index contributed by atoms with van der Waals surface area (Å²) in [5.41, 5.74) is 2.46. The van der Waals surface area contributed by atoms with Crippen LogP contribution in [0.25, 0.3) is 0 Å². The van der Waals surface area contributed by atoms with Gasteiger partial charge in [-0.05, 0) is 24.1 Å². The van der Waals surface area contributed by atoms with Crippen LogP contribution in [-0.4, -0.2) is 25.9 Å². The number of amides is 1. The van der Waals surface area contributed by atoms with Gasteiger partial charge in [-0.25, -0.2) is 0 Å². The molecule has 0 saturated heterocycles. The maximum absolute atomic E-state index is 12.2. The van der Waals surface area contributed by atoms with Gasteiger partial charge in [0.2, 0.25) is 5.91 Å². The molecule has 138 valence electrons. The van der Waals surface area contributed by atoms with Crippen molar-refractivity contribution in [1.82, 2.24) is 0 Å². The van der Waals surface area contributed by atoms with Gasteiger partial charge in [-0.3, -0.25) is 9.59 Å². The van der Waals surface area contributed by atoms with Crippen molar-refractivity contribution in [2.24, 2.45) is 0 Å². The average Bonchev–Trinajstić information content (AvgIpc) is 2.66. The van der Waals surface area contributed by atoms with Crippen LogP contribution in [0.15, 0.2) is 42.5 Å². The van der Waals surface area contributed by atoms with Crippen LogP contribution in [0.1, 0.15) is 42.1 Å². The summed E-state index contributed by atoms with van der Waals surface area (Å²) in [7, 11) is 3.09. The van der Waals surface area contributed by atoms with Crippen molar-refractivity contribution < 1.29 is 19.1 Å². The number of ether oxygens (including phenoxy) is 2. The van der Waals surface area contributed by atoms with Crippen molar-refractivity contribution in [3.05, 3.63) is 53.6 Å². The van der Waals surface area contributed by atoms with E-state index >= 15 is 0 Å². The molecule has 26 heavy (non-hydrogen) atoms. The Hall–Kier alpha value is -2.82. The zero-order chi connectivity index (χ0) is 18.9. The molecule has 5 heteroatoms. The fourth-order valence-corrected chi connectivity index (χ4v) is 2.65. The predicted molar refractivity (Wildman–Crippen MR) is 102 cm³/mol. The number of benzene rings is 2. The van der Waals surface area contributed by atoms with Gasteiger partial charge in [0.15, 0.2) is 17.3 Å². The molecule has 0 spiro atoms. The molecule has 0 aliphatic rings. The Morgan fingerprint density at radius 3 is 2.23 bits per heavy atom. The van der Waals surface area contributed by atoms with Gasteiger partial charge in [0.1, 0.15) is 0 Å². The second kappa shape index (κ2) is 9.61. The van der Waals surface area contributed by atoms with Crippen LogP contribution < -0.4 is 14.8 Å². The highest BCUT2D eigenvalue weighted by Crippen LogP contribution is 2.29. The third-order valence-electron chi connectivity index (χ3n) is 4.06. The monoisotopic (exact) mass is 355 g/mol. The van der Waals surface area contributed by atoms with E-state index in [1.807, 2.05) is 24.3 Å². The quantitative estimate of drug-likeness (QED) is 0.683. The number of Topliss-reactive ketones (excluding diaryl/α,β-unsaturated/α-hetero) is 1. The Morgan fingerprint density at radius 2 is 1.62 bits per heavy atom. The van der Waals surface area contributed by atoms with Crippen LogP contribution >= 0.6 is 0 Å². The lowest BCUT2D eigenvalue weighted by Gasteiger charge is -2.10. The summed E-state index contributed by atoms with van der Waals surface area (Å²) >= 11 is 0. The molecule has 0 aliphatic heterocycles. The molecular formula is C21H25NO4. The number of ketones is 1. The second-order valence-electron chi connectivity index (χ2n) is 5.99. The van der Waals surface area contributed by atoms with E-state index in [0.717, 1.165) is 12.8 Å². The van der Waals surface area contributed by atoms with Crippen LogP contribution in [0, 0.1) is 0 Å². The molecule has 0 radical (unpaired) electrons. The number of carbonyl (C=O) groups is 2. The maximum atomic E-state index is 12.2. The van der Waals surface area contributed by atoms with E-state index in [4.69, 9.17) is 9.47 Å². The summed E-state index contributed by atoms with van der Waals surface area (Å²) in [6.45, 7) is 2.12. The Bertz CT molecular complexity index is 753. The molecule has 1 N–H and O–H groups in total. The van der Waals surface area contributed by atoms with Crippen LogP contribution in [0.5, 0.6) is 11.5 Å². The molecule has 0 aromatic heterocycles. The van der Waals surface area contributed by atoms with Gasteiger partial charge in [-0.2, -0.15) is 0 Å². The highest BCUT2D eigenvalue weighted by Gasteiger charge is 2.11. The number of hydrogen-bond acceptors (Lipinski definition) is 4. The smallest absolute Gasteiger partial charge is 0.224 e. The molecule has 2 rings (SSSR count). The Kier molecular flexibility index (Phi) is 7.21. The average molecular weight is 355 g/mol. The molecule has 2 aromatic rings. The van der Waals surface area contributed by atoms with Crippen molar-refractivity contribution in [1.29, 1.82) is 0 Å². The number of aryl methyl sites for hydroxylation is 1. The standard InChI is InChI=1S/C21H25NO4/c1-4-5-15-6-8-16(9-7-15)18(23)11-13-21(24)22-17-10-12-19(25-2)20(14-17)26-3/h6-10,12,14H,4-5,11,13H2,1-3H3,(H,22,24). The van der Waals surface area contributed by atoms with Crippen LogP contribution in [0.2, 0.25) is 0 Å². The highest BCUT2D eigenvalue weighted by atomic mass is 16.5. The number of hydrogen-bond donors (Lipinski definition) is 1. The van der Waals surface area contributed by atoms with Gasteiger partial charge < -0.3 is 14.8 Å². The van der Waals surface area contributed by atoms with Gasteiger partial charge in [0.05, 0.1) is 14.2 Å². The van der Waals surface area contributed by atoms with Crippen LogP contribution in [0.3, 0.4) is 0 Å². The SMILES string of the molecule is CCCc1ccc(C(=O)CCC(=O)Nc2ccc(OC)c(OC)c2)cc1. The summed E-state index contributed by atoms with van der Waals surface area (Å²) in [6, 6.07) is 12.7. The van der Waals surface area contributed by atoms with E-state index in [9.17, 15) is 9.59 Å². The zero-order valence-corrected chi connectivity index (χ0v) is 15.5. The van der Waals surface area contributed by atoms with Gasteiger partial charge >= 0.3 is 0 Å². The van der Waals surface area contributed by atoms with Gasteiger partial charge in [0, 0.05) is 30.2 Å². The van der Waals surface area contributed by atoms with Crippen LogP contribution in [-0.2, 0) is 11.2 Å². The Labute approximate surface area is 154 Å². The lowest BCUT2D eigenvalue weighted by atomic mass is 10.0. The molecular weight excluding hydrogens is 330 g/mol. The molecule has 1 amide bonds. The molecule has 5 nitrogen and oxygen atoms in total. The van der Waals surface area contributed by atoms with E-state index in [-0.39, 0.29) is 24.5 Å². The molecule has 2 aromatic carbocycles. The summed E-state index contributed by atoms with van der Waals surface area (Å²) < 4.78 is 10.4. The van der Waals surface area contributed by atoms with Crippen LogP contribution in [0.4, 0.5) is 5.69 Å². The fraction of sp³-hybridized carbons (Fsp3) is 0.333. The van der Waals surface area contributed by atoms with Gasteiger partial charge in [-0.15, -0.1) is 0 Å². The van der Waals surface area contributed by atoms with E-state index in [0.29, 0.717) is 22.7 Å². The summed E-state index contributed by atoms with van der Waals surface area (Å²) in [6.07, 6.45) is 2.38. The molecule has 0 saturated carbocycles. The number of rotatable bonds is 9. The minimum atomic E-state index is -0.215. The molecule has 0 fully saturated rings. The lowest BCUT2D eigenvalue weighted by Crippen LogP contribution is -2.13. The first-order chi connectivity index (χ1) is 12.6. The van der Waals surface area contributed by atoms with Crippen molar-refractivity contribution in [2.75, 3.05) is 19.5 Å². The highest BCUT2D eigenvalue weighted by molar-refractivity contribution is 6.00. The minimum Gasteiger partial charge on any atom is -0.493 e. The summed E-state index contributed by atoms with van der Waals surface area (Å²) in [5, 5.41) is 2.77. The van der Waals surface area contributed by atoms with Crippen molar-refractivity contribution in [3.63, 3.8) is 0 Å². The first-order valence-corrected chi connectivity index (χ1v) is 8.71. The summed E-state index contributed by atoms with van der Waals surface area (Å²) in [5.74, 6) is 0.879. The molecule has 0 bridgehead atoms. The number of carbonyl (C=O) groups excluding carboxylic acids is 2. The number of methoxy groups -OCH3 is 2. The third-order valence-corrected chi connectivity index (χ3v) is 4.06. The predicted octanol–water partition coefficient (Wildman–Crippen LogP) is 4.26. The topological polar surface area (TPSA) is 64.6 Å². The molecule has 0 unspecified atom stereocenters. The Morgan fingerprint density at radius 1 is 0.923 bits per heavy atom. The first-order valence-electron chi connectivity index (χ1n) is 8.71. The molecule has 0 aliphatic carbocycles. The van der Waals surface area contributed by atoms with E-state index in [2.05, 4.69) is 12.2 Å². The first kappa shape index (κ1) is 19.5.